The van der Waals surface area contributed by atoms with Gasteiger partial charge in [-0.05, 0) is 31.0 Å². The van der Waals surface area contributed by atoms with E-state index >= 15 is 0 Å². The molecule has 0 spiro atoms. The van der Waals surface area contributed by atoms with Crippen LogP contribution in [-0.2, 0) is 0 Å². The van der Waals surface area contributed by atoms with Gasteiger partial charge in [0.25, 0.3) is 5.91 Å². The summed E-state index contributed by atoms with van der Waals surface area (Å²) >= 11 is 13.2. The predicted molar refractivity (Wildman–Crippen MR) is 76.3 cm³/mol. The normalized spacial score (nSPS) is 14.4. The molecule has 3 rings (SSSR count). The number of amides is 1. The molecule has 1 amide bonds. The number of nitrogens with zero attached hydrogens (tertiary/aromatic N) is 2. The van der Waals surface area contributed by atoms with Crippen LogP contribution in [0.25, 0.3) is 0 Å². The SMILES string of the molecule is O=C(Nc1nnc(C2CC2)s1)c1ccc(Cl)cc1Cl. The number of hydrogen-bond donors (Lipinski definition) is 1. The van der Waals surface area contributed by atoms with Crippen LogP contribution < -0.4 is 5.32 Å². The van der Waals surface area contributed by atoms with Crippen LogP contribution in [0.4, 0.5) is 5.13 Å². The molecule has 0 saturated heterocycles. The van der Waals surface area contributed by atoms with Gasteiger partial charge in [0.2, 0.25) is 5.13 Å². The third-order valence-corrected chi connectivity index (χ3v) is 4.31. The molecule has 1 aromatic heterocycles. The Hall–Kier alpha value is -1.17. The minimum atomic E-state index is -0.305. The Morgan fingerprint density at radius 3 is 2.79 bits per heavy atom. The van der Waals surface area contributed by atoms with Gasteiger partial charge in [-0.15, -0.1) is 10.2 Å². The van der Waals surface area contributed by atoms with Crippen molar-refractivity contribution in [3.63, 3.8) is 0 Å². The number of benzene rings is 1. The van der Waals surface area contributed by atoms with E-state index in [1.807, 2.05) is 0 Å². The van der Waals surface area contributed by atoms with E-state index in [1.54, 1.807) is 12.1 Å². The van der Waals surface area contributed by atoms with E-state index in [1.165, 1.54) is 17.4 Å². The summed E-state index contributed by atoms with van der Waals surface area (Å²) in [5.74, 6) is 0.224. The van der Waals surface area contributed by atoms with E-state index in [9.17, 15) is 4.79 Å². The molecular weight excluding hydrogens is 305 g/mol. The lowest BCUT2D eigenvalue weighted by Gasteiger charge is -2.03. The van der Waals surface area contributed by atoms with Crippen molar-refractivity contribution in [3.05, 3.63) is 38.8 Å². The molecule has 1 N–H and O–H groups in total. The number of carbonyl (C=O) groups is 1. The Morgan fingerprint density at radius 1 is 1.32 bits per heavy atom. The number of carbonyl (C=O) groups excluding carboxylic acids is 1. The zero-order valence-electron chi connectivity index (χ0n) is 9.69. The zero-order chi connectivity index (χ0) is 13.4. The van der Waals surface area contributed by atoms with Gasteiger partial charge in [0, 0.05) is 10.9 Å². The van der Waals surface area contributed by atoms with E-state index in [0.29, 0.717) is 26.7 Å². The second-order valence-corrected chi connectivity index (χ2v) is 6.15. The third-order valence-electron chi connectivity index (χ3n) is 2.76. The van der Waals surface area contributed by atoms with Gasteiger partial charge in [0.15, 0.2) is 0 Å². The summed E-state index contributed by atoms with van der Waals surface area (Å²) in [5.41, 5.74) is 0.370. The summed E-state index contributed by atoms with van der Waals surface area (Å²) in [6, 6.07) is 4.74. The largest absolute Gasteiger partial charge is 0.296 e. The lowest BCUT2D eigenvalue weighted by Crippen LogP contribution is -2.12. The molecule has 0 radical (unpaired) electrons. The molecule has 1 aliphatic carbocycles. The molecule has 0 aliphatic heterocycles. The molecule has 2 aromatic rings. The molecule has 4 nitrogen and oxygen atoms in total. The maximum absolute atomic E-state index is 12.0. The first-order valence-corrected chi connectivity index (χ1v) is 7.30. The second-order valence-electron chi connectivity index (χ2n) is 4.30. The maximum Gasteiger partial charge on any atom is 0.259 e. The Labute approximate surface area is 123 Å². The van der Waals surface area contributed by atoms with Crippen molar-refractivity contribution < 1.29 is 4.79 Å². The summed E-state index contributed by atoms with van der Waals surface area (Å²) < 4.78 is 0. The lowest BCUT2D eigenvalue weighted by atomic mass is 10.2. The van der Waals surface area contributed by atoms with Gasteiger partial charge in [-0.3, -0.25) is 10.1 Å². The van der Waals surface area contributed by atoms with E-state index in [0.717, 1.165) is 17.8 Å². The van der Waals surface area contributed by atoms with Crippen LogP contribution in [-0.4, -0.2) is 16.1 Å². The van der Waals surface area contributed by atoms with Crippen molar-refractivity contribution in [3.8, 4) is 0 Å². The minimum Gasteiger partial charge on any atom is -0.296 e. The molecule has 1 heterocycles. The van der Waals surface area contributed by atoms with Gasteiger partial charge in [-0.2, -0.15) is 0 Å². The molecule has 1 fully saturated rings. The van der Waals surface area contributed by atoms with Crippen molar-refractivity contribution in [2.75, 3.05) is 5.32 Å². The number of anilines is 1. The molecule has 1 aliphatic rings. The molecule has 7 heteroatoms. The van der Waals surface area contributed by atoms with Gasteiger partial charge in [0.1, 0.15) is 5.01 Å². The van der Waals surface area contributed by atoms with Crippen molar-refractivity contribution in [2.24, 2.45) is 0 Å². The molecule has 0 bridgehead atoms. The lowest BCUT2D eigenvalue weighted by molar-refractivity contribution is 0.102. The number of halogens is 2. The molecule has 1 saturated carbocycles. The van der Waals surface area contributed by atoms with E-state index in [2.05, 4.69) is 15.5 Å². The van der Waals surface area contributed by atoms with Crippen LogP contribution in [0, 0.1) is 0 Å². The van der Waals surface area contributed by atoms with E-state index < -0.39 is 0 Å². The fraction of sp³-hybridized carbons (Fsp3) is 0.250. The van der Waals surface area contributed by atoms with Crippen LogP contribution in [0.2, 0.25) is 10.0 Å². The summed E-state index contributed by atoms with van der Waals surface area (Å²) in [5, 5.41) is 13.0. The Morgan fingerprint density at radius 2 is 2.11 bits per heavy atom. The molecular formula is C12H9Cl2N3OS. The Bertz CT molecular complexity index is 640. The zero-order valence-corrected chi connectivity index (χ0v) is 12.0. The Balaban J connectivity index is 1.76. The number of hydrogen-bond acceptors (Lipinski definition) is 4. The summed E-state index contributed by atoms with van der Waals surface area (Å²) in [7, 11) is 0. The van der Waals surface area contributed by atoms with E-state index in [-0.39, 0.29) is 5.91 Å². The monoisotopic (exact) mass is 313 g/mol. The van der Waals surface area contributed by atoms with Crippen molar-refractivity contribution in [1.29, 1.82) is 0 Å². The summed E-state index contributed by atoms with van der Waals surface area (Å²) in [4.78, 5) is 12.0. The first kappa shape index (κ1) is 12.8. The highest BCUT2D eigenvalue weighted by molar-refractivity contribution is 7.15. The molecule has 0 unspecified atom stereocenters. The van der Waals surface area contributed by atoms with Gasteiger partial charge < -0.3 is 0 Å². The molecule has 1 aromatic carbocycles. The van der Waals surface area contributed by atoms with Crippen LogP contribution in [0.3, 0.4) is 0 Å². The maximum atomic E-state index is 12.0. The number of nitrogens with one attached hydrogen (secondary N) is 1. The molecule has 98 valence electrons. The second kappa shape index (κ2) is 5.07. The van der Waals surface area contributed by atoms with Gasteiger partial charge in [-0.25, -0.2) is 0 Å². The topological polar surface area (TPSA) is 54.9 Å². The van der Waals surface area contributed by atoms with Crippen molar-refractivity contribution >= 4 is 45.6 Å². The first-order chi connectivity index (χ1) is 9.13. The van der Waals surface area contributed by atoms with Crippen LogP contribution >= 0.6 is 34.5 Å². The van der Waals surface area contributed by atoms with Gasteiger partial charge in [0.05, 0.1) is 10.6 Å². The van der Waals surface area contributed by atoms with Crippen molar-refractivity contribution in [2.45, 2.75) is 18.8 Å². The molecule has 19 heavy (non-hydrogen) atoms. The third kappa shape index (κ3) is 2.88. The minimum absolute atomic E-state index is 0.305. The highest BCUT2D eigenvalue weighted by Crippen LogP contribution is 2.42. The standard InChI is InChI=1S/C12H9Cl2N3OS/c13-7-3-4-8(9(14)5-7)10(18)15-12-17-16-11(19-12)6-1-2-6/h3-6H,1-2H2,(H,15,17,18). The quantitative estimate of drug-likeness (QED) is 0.932. The first-order valence-electron chi connectivity index (χ1n) is 5.73. The average Bonchev–Trinajstić information content (AvgIpc) is 3.10. The fourth-order valence-corrected chi connectivity index (χ4v) is 3.02. The fourth-order valence-electron chi connectivity index (χ4n) is 1.62. The summed E-state index contributed by atoms with van der Waals surface area (Å²) in [6.07, 6.45) is 2.32. The number of rotatable bonds is 3. The van der Waals surface area contributed by atoms with Crippen molar-refractivity contribution in [1.82, 2.24) is 10.2 Å². The highest BCUT2D eigenvalue weighted by atomic mass is 35.5. The van der Waals surface area contributed by atoms with Crippen LogP contribution in [0.5, 0.6) is 0 Å². The summed E-state index contributed by atoms with van der Waals surface area (Å²) in [6.45, 7) is 0. The smallest absolute Gasteiger partial charge is 0.259 e. The van der Waals surface area contributed by atoms with Crippen LogP contribution in [0.1, 0.15) is 34.1 Å². The van der Waals surface area contributed by atoms with E-state index in [4.69, 9.17) is 23.2 Å². The van der Waals surface area contributed by atoms with Crippen LogP contribution in [0.15, 0.2) is 18.2 Å². The Kier molecular flexibility index (Phi) is 3.43. The predicted octanol–water partition coefficient (Wildman–Crippen LogP) is 3.97. The number of aromatic nitrogens is 2. The van der Waals surface area contributed by atoms with Gasteiger partial charge in [-0.1, -0.05) is 34.5 Å². The molecule has 0 atom stereocenters. The highest BCUT2D eigenvalue weighted by Gasteiger charge is 2.27. The average molecular weight is 314 g/mol. The van der Waals surface area contributed by atoms with Gasteiger partial charge >= 0.3 is 0 Å².